The average Bonchev–Trinajstić information content (AvgIpc) is 3.08. The Balaban J connectivity index is 1.64. The van der Waals surface area contributed by atoms with Crippen LogP contribution in [0.1, 0.15) is 31.7 Å². The first-order valence-corrected chi connectivity index (χ1v) is 10.3. The van der Waals surface area contributed by atoms with Crippen LogP contribution in [0.2, 0.25) is 0 Å². The molecule has 0 unspecified atom stereocenters. The Bertz CT molecular complexity index is 790. The van der Waals surface area contributed by atoms with E-state index in [0.717, 1.165) is 49.8 Å². The van der Waals surface area contributed by atoms with E-state index in [2.05, 4.69) is 15.5 Å². The zero-order valence-electron chi connectivity index (χ0n) is 14.6. The second-order valence-corrected chi connectivity index (χ2v) is 8.75. The maximum atomic E-state index is 13.1. The fraction of sp³-hybridized carbons (Fsp3) is 0.471. The number of likely N-dealkylation sites (tertiary alicyclic amines) is 1. The van der Waals surface area contributed by atoms with E-state index in [4.69, 9.17) is 0 Å². The van der Waals surface area contributed by atoms with Crippen LogP contribution in [0.15, 0.2) is 28.6 Å². The summed E-state index contributed by atoms with van der Waals surface area (Å²) < 4.78 is 39.8. The summed E-state index contributed by atoms with van der Waals surface area (Å²) in [6, 6.07) is 5.22. The van der Waals surface area contributed by atoms with Crippen LogP contribution < -0.4 is 5.32 Å². The summed E-state index contributed by atoms with van der Waals surface area (Å²) in [6.45, 7) is 3.37. The monoisotopic (exact) mass is 416 g/mol. The Hall–Kier alpha value is -1.81. The minimum Gasteiger partial charge on any atom is -0.342 e. The Kier molecular flexibility index (Phi) is 6.25. The smallest absolute Gasteiger partial charge is 0.342 e. The van der Waals surface area contributed by atoms with E-state index in [1.165, 1.54) is 30.0 Å². The fourth-order valence-corrected chi connectivity index (χ4v) is 4.83. The zero-order valence-corrected chi connectivity index (χ0v) is 16.3. The summed E-state index contributed by atoms with van der Waals surface area (Å²) in [5, 5.41) is 10.5. The number of halogens is 3. The third-order valence-corrected chi connectivity index (χ3v) is 6.18. The lowest BCUT2D eigenvalue weighted by Gasteiger charge is -2.28. The van der Waals surface area contributed by atoms with E-state index in [9.17, 15) is 18.0 Å². The van der Waals surface area contributed by atoms with E-state index >= 15 is 0 Å². The molecule has 10 heteroatoms. The molecule has 0 spiro atoms. The number of aromatic nitrogens is 2. The van der Waals surface area contributed by atoms with Gasteiger partial charge in [0.2, 0.25) is 11.0 Å². The van der Waals surface area contributed by atoms with Gasteiger partial charge in [0.15, 0.2) is 4.34 Å². The molecule has 1 aliphatic heterocycles. The molecule has 1 N–H and O–H groups in total. The van der Waals surface area contributed by atoms with Crippen LogP contribution in [0.4, 0.5) is 24.0 Å². The number of anilines is 2. The number of carbonyl (C=O) groups is 1. The maximum absolute atomic E-state index is 13.1. The average molecular weight is 416 g/mol. The normalized spacial score (nSPS) is 16.2. The highest BCUT2D eigenvalue weighted by molar-refractivity contribution is 8.02. The minimum absolute atomic E-state index is 0.0619. The summed E-state index contributed by atoms with van der Waals surface area (Å²) in [5.74, 6) is 0.0619. The lowest BCUT2D eigenvalue weighted by molar-refractivity contribution is -0.137. The van der Waals surface area contributed by atoms with Crippen molar-refractivity contribution in [3.63, 3.8) is 0 Å². The van der Waals surface area contributed by atoms with Gasteiger partial charge in [-0.3, -0.25) is 4.79 Å². The van der Waals surface area contributed by atoms with Crippen molar-refractivity contribution >= 4 is 39.8 Å². The van der Waals surface area contributed by atoms with Gasteiger partial charge >= 0.3 is 6.18 Å². The summed E-state index contributed by atoms with van der Waals surface area (Å²) in [4.78, 5) is 14.3. The molecular formula is C17H19F3N4OS2. The molecule has 0 bridgehead atoms. The Morgan fingerprint density at radius 3 is 2.63 bits per heavy atom. The summed E-state index contributed by atoms with van der Waals surface area (Å²) in [6.07, 6.45) is -1.26. The first-order chi connectivity index (χ1) is 12.8. The Morgan fingerprint density at radius 1 is 1.22 bits per heavy atom. The first kappa shape index (κ1) is 19.9. The molecule has 0 saturated carbocycles. The second-order valence-electron chi connectivity index (χ2n) is 6.19. The number of hydrogen-bond acceptors (Lipinski definition) is 6. The van der Waals surface area contributed by atoms with Gasteiger partial charge < -0.3 is 10.2 Å². The number of carbonyl (C=O) groups excluding carboxylic acids is 1. The third kappa shape index (κ3) is 5.13. The van der Waals surface area contributed by atoms with Gasteiger partial charge in [-0.2, -0.15) is 13.2 Å². The van der Waals surface area contributed by atoms with Gasteiger partial charge in [0.25, 0.3) is 0 Å². The second kappa shape index (κ2) is 8.47. The number of nitrogens with zero attached hydrogens (tertiary/aromatic N) is 3. The largest absolute Gasteiger partial charge is 0.418 e. The zero-order chi connectivity index (χ0) is 19.4. The van der Waals surface area contributed by atoms with Gasteiger partial charge in [0.1, 0.15) is 0 Å². The number of piperidine rings is 1. The number of amides is 1. The molecule has 1 fully saturated rings. The third-order valence-electron chi connectivity index (χ3n) is 4.17. The van der Waals surface area contributed by atoms with Gasteiger partial charge in [-0.05, 0) is 38.3 Å². The molecule has 1 amide bonds. The molecule has 1 aliphatic rings. The van der Waals surface area contributed by atoms with E-state index in [1.807, 2.05) is 11.8 Å². The highest BCUT2D eigenvalue weighted by atomic mass is 32.2. The number of hydrogen-bond donors (Lipinski definition) is 1. The molecule has 0 radical (unpaired) electrons. The molecule has 1 aromatic heterocycles. The van der Waals surface area contributed by atoms with Crippen LogP contribution in [-0.2, 0) is 11.0 Å². The standard InChI is InChI=1S/C17H19F3N4OS2/c1-11(14(25)24-9-5-2-6-10-24)26-16-23-22-15(27-16)21-13-8-4-3-7-12(13)17(18,19)20/h3-4,7-8,11H,2,5-6,9-10H2,1H3,(H,21,22)/t11-/m0/s1. The molecule has 2 heterocycles. The lowest BCUT2D eigenvalue weighted by atomic mass is 10.1. The summed E-state index contributed by atoms with van der Waals surface area (Å²) in [7, 11) is 0. The number of alkyl halides is 3. The van der Waals surface area contributed by atoms with Crippen molar-refractivity contribution in [1.29, 1.82) is 0 Å². The summed E-state index contributed by atoms with van der Waals surface area (Å²) >= 11 is 2.41. The lowest BCUT2D eigenvalue weighted by Crippen LogP contribution is -2.40. The topological polar surface area (TPSA) is 58.1 Å². The highest BCUT2D eigenvalue weighted by Gasteiger charge is 2.33. The van der Waals surface area contributed by atoms with Crippen LogP contribution in [0.5, 0.6) is 0 Å². The summed E-state index contributed by atoms with van der Waals surface area (Å²) in [5.41, 5.74) is -0.835. The first-order valence-electron chi connectivity index (χ1n) is 8.57. The minimum atomic E-state index is -4.46. The molecule has 5 nitrogen and oxygen atoms in total. The van der Waals surface area contributed by atoms with Gasteiger partial charge in [-0.1, -0.05) is 35.2 Å². The van der Waals surface area contributed by atoms with Crippen LogP contribution in [0, 0.1) is 0 Å². The van der Waals surface area contributed by atoms with E-state index in [-0.39, 0.29) is 22.0 Å². The Morgan fingerprint density at radius 2 is 1.93 bits per heavy atom. The molecule has 0 aliphatic carbocycles. The van der Waals surface area contributed by atoms with E-state index in [0.29, 0.717) is 4.34 Å². The van der Waals surface area contributed by atoms with E-state index < -0.39 is 11.7 Å². The fourth-order valence-electron chi connectivity index (χ4n) is 2.84. The van der Waals surface area contributed by atoms with Gasteiger partial charge in [-0.15, -0.1) is 10.2 Å². The number of thioether (sulfide) groups is 1. The van der Waals surface area contributed by atoms with Crippen molar-refractivity contribution in [2.45, 2.75) is 42.0 Å². The molecular weight excluding hydrogens is 397 g/mol. The van der Waals surface area contributed by atoms with Crippen LogP contribution in [-0.4, -0.2) is 39.3 Å². The molecule has 27 heavy (non-hydrogen) atoms. The molecule has 2 aromatic rings. The SMILES string of the molecule is C[C@H](Sc1nnc(Nc2ccccc2C(F)(F)F)s1)C(=O)N1CCCCC1. The van der Waals surface area contributed by atoms with Crippen LogP contribution in [0.3, 0.4) is 0 Å². The Labute approximate surface area is 163 Å². The maximum Gasteiger partial charge on any atom is 0.418 e. The van der Waals surface area contributed by atoms with Crippen molar-refractivity contribution < 1.29 is 18.0 Å². The van der Waals surface area contributed by atoms with Crippen LogP contribution in [0.25, 0.3) is 0 Å². The van der Waals surface area contributed by atoms with Crippen LogP contribution >= 0.6 is 23.1 Å². The van der Waals surface area contributed by atoms with E-state index in [1.54, 1.807) is 0 Å². The van der Waals surface area contributed by atoms with Crippen molar-refractivity contribution in [2.24, 2.45) is 0 Å². The number of nitrogens with one attached hydrogen (secondary N) is 1. The van der Waals surface area contributed by atoms with Crippen molar-refractivity contribution in [3.05, 3.63) is 29.8 Å². The molecule has 1 saturated heterocycles. The molecule has 1 aromatic carbocycles. The highest BCUT2D eigenvalue weighted by Crippen LogP contribution is 2.37. The molecule has 1 atom stereocenters. The van der Waals surface area contributed by atoms with Gasteiger partial charge in [-0.25, -0.2) is 0 Å². The number of para-hydroxylation sites is 1. The van der Waals surface area contributed by atoms with Crippen molar-refractivity contribution in [1.82, 2.24) is 15.1 Å². The van der Waals surface area contributed by atoms with Crippen molar-refractivity contribution in [3.8, 4) is 0 Å². The molecule has 3 rings (SSSR count). The predicted octanol–water partition coefficient (Wildman–Crippen LogP) is 4.79. The number of rotatable bonds is 5. The number of benzene rings is 1. The quantitative estimate of drug-likeness (QED) is 0.710. The van der Waals surface area contributed by atoms with Crippen molar-refractivity contribution in [2.75, 3.05) is 18.4 Å². The molecule has 146 valence electrons. The van der Waals surface area contributed by atoms with Gasteiger partial charge in [0.05, 0.1) is 16.5 Å². The van der Waals surface area contributed by atoms with Gasteiger partial charge in [0, 0.05) is 13.1 Å². The predicted molar refractivity (Wildman–Crippen MR) is 100 cm³/mol.